The summed E-state index contributed by atoms with van der Waals surface area (Å²) in [5.41, 5.74) is 4.17. The quantitative estimate of drug-likeness (QED) is 0.560. The molecule has 0 amide bonds. The van der Waals surface area contributed by atoms with Crippen LogP contribution in [0.15, 0.2) is 53.1 Å². The largest absolute Gasteiger partial charge is 0.0876 e. The maximum Gasteiger partial charge on any atom is 0.0443 e. The molecule has 1 fully saturated rings. The summed E-state index contributed by atoms with van der Waals surface area (Å²) in [7, 11) is 0. The van der Waals surface area contributed by atoms with E-state index in [-0.39, 0.29) is 0 Å². The normalized spacial score (nSPS) is 18.6. The van der Waals surface area contributed by atoms with Crippen LogP contribution < -0.4 is 0 Å². The van der Waals surface area contributed by atoms with Gasteiger partial charge in [0.05, 0.1) is 0 Å². The van der Waals surface area contributed by atoms with Crippen LogP contribution in [0.2, 0.25) is 0 Å². The molecule has 0 aromatic heterocycles. The van der Waals surface area contributed by atoms with Gasteiger partial charge in [0.2, 0.25) is 0 Å². The molecule has 0 aliphatic heterocycles. The lowest BCUT2D eigenvalue weighted by Gasteiger charge is -2.18. The molecular formula is C19H23Cl. The van der Waals surface area contributed by atoms with Crippen molar-refractivity contribution in [1.29, 1.82) is 0 Å². The van der Waals surface area contributed by atoms with Crippen molar-refractivity contribution in [2.75, 3.05) is 0 Å². The van der Waals surface area contributed by atoms with Crippen LogP contribution in [-0.4, -0.2) is 0 Å². The van der Waals surface area contributed by atoms with E-state index in [4.69, 9.17) is 11.6 Å². The Morgan fingerprint density at radius 2 is 2.00 bits per heavy atom. The first-order valence-corrected chi connectivity index (χ1v) is 7.77. The monoisotopic (exact) mass is 286 g/mol. The number of halogens is 1. The number of rotatable bonds is 5. The van der Waals surface area contributed by atoms with Crippen molar-refractivity contribution in [2.24, 2.45) is 5.41 Å². The Morgan fingerprint density at radius 3 is 2.55 bits per heavy atom. The van der Waals surface area contributed by atoms with Gasteiger partial charge in [-0.25, -0.2) is 0 Å². The molecule has 106 valence electrons. The van der Waals surface area contributed by atoms with E-state index in [0.29, 0.717) is 5.41 Å². The van der Waals surface area contributed by atoms with E-state index in [2.05, 4.69) is 44.2 Å². The van der Waals surface area contributed by atoms with Gasteiger partial charge in [-0.2, -0.15) is 0 Å². The van der Waals surface area contributed by atoms with E-state index in [1.54, 1.807) is 0 Å². The molecule has 0 spiro atoms. The zero-order valence-corrected chi connectivity index (χ0v) is 13.4. The van der Waals surface area contributed by atoms with Gasteiger partial charge in [-0.1, -0.05) is 54.9 Å². The fourth-order valence-corrected chi connectivity index (χ4v) is 2.94. The van der Waals surface area contributed by atoms with Gasteiger partial charge in [-0.15, -0.1) is 0 Å². The summed E-state index contributed by atoms with van der Waals surface area (Å²) in [4.78, 5) is 0. The molecule has 1 aliphatic rings. The lowest BCUT2D eigenvalue weighted by molar-refractivity contribution is 0.599. The van der Waals surface area contributed by atoms with Gasteiger partial charge in [-0.3, -0.25) is 0 Å². The number of hydrogen-bond donors (Lipinski definition) is 0. The lowest BCUT2D eigenvalue weighted by atomic mass is 9.89. The highest BCUT2D eigenvalue weighted by molar-refractivity contribution is 6.32. The van der Waals surface area contributed by atoms with Crippen LogP contribution in [-0.2, 0) is 0 Å². The summed E-state index contributed by atoms with van der Waals surface area (Å²) in [6.45, 7) is 6.43. The topological polar surface area (TPSA) is 0 Å². The first kappa shape index (κ1) is 15.1. The fraction of sp³-hybridized carbons (Fsp3) is 0.368. The lowest BCUT2D eigenvalue weighted by Crippen LogP contribution is -2.04. The highest BCUT2D eigenvalue weighted by Crippen LogP contribution is 2.57. The summed E-state index contributed by atoms with van der Waals surface area (Å²) in [6.07, 6.45) is 12.0. The van der Waals surface area contributed by atoms with Gasteiger partial charge >= 0.3 is 0 Å². The van der Waals surface area contributed by atoms with Gasteiger partial charge in [0.15, 0.2) is 0 Å². The molecule has 0 unspecified atom stereocenters. The molecule has 0 bridgehead atoms. The smallest absolute Gasteiger partial charge is 0.0443 e. The van der Waals surface area contributed by atoms with Crippen LogP contribution in [0.25, 0.3) is 6.08 Å². The van der Waals surface area contributed by atoms with E-state index in [1.807, 2.05) is 25.2 Å². The van der Waals surface area contributed by atoms with Gasteiger partial charge < -0.3 is 0 Å². The number of allylic oxidation sites excluding steroid dienone is 5. The highest BCUT2D eigenvalue weighted by atomic mass is 35.5. The predicted octanol–water partition coefficient (Wildman–Crippen LogP) is 6.27. The SMILES string of the molecule is C\C=C/C=C(Cl)\C(=C\c1ccccc1C)C1(CC)CC1. The van der Waals surface area contributed by atoms with Crippen molar-refractivity contribution in [3.8, 4) is 0 Å². The average Bonchev–Trinajstić information content (AvgIpc) is 3.25. The van der Waals surface area contributed by atoms with Crippen molar-refractivity contribution in [1.82, 2.24) is 0 Å². The maximum absolute atomic E-state index is 6.57. The molecule has 1 aromatic rings. The maximum atomic E-state index is 6.57. The van der Waals surface area contributed by atoms with Crippen molar-refractivity contribution in [3.05, 3.63) is 64.2 Å². The molecule has 1 aliphatic carbocycles. The first-order chi connectivity index (χ1) is 9.63. The van der Waals surface area contributed by atoms with Gasteiger partial charge in [0, 0.05) is 5.03 Å². The molecule has 1 saturated carbocycles. The predicted molar refractivity (Wildman–Crippen MR) is 89.9 cm³/mol. The Balaban J connectivity index is 2.45. The second-order valence-electron chi connectivity index (χ2n) is 5.59. The highest BCUT2D eigenvalue weighted by Gasteiger charge is 2.44. The molecule has 0 nitrogen and oxygen atoms in total. The van der Waals surface area contributed by atoms with Crippen molar-refractivity contribution in [3.63, 3.8) is 0 Å². The standard InChI is InChI=1S/C19H23Cl/c1-4-6-11-18(20)17(19(5-2)12-13-19)14-16-10-8-7-9-15(16)3/h4,6-11,14H,5,12-13H2,1-3H3/b6-4-,17-14-,18-11+. The van der Waals surface area contributed by atoms with Crippen LogP contribution in [0.5, 0.6) is 0 Å². The number of benzene rings is 1. The van der Waals surface area contributed by atoms with Crippen molar-refractivity contribution in [2.45, 2.75) is 40.0 Å². The van der Waals surface area contributed by atoms with Crippen LogP contribution in [0.1, 0.15) is 44.2 Å². The summed E-state index contributed by atoms with van der Waals surface area (Å²) in [5, 5.41) is 0.880. The Hall–Kier alpha value is -1.27. The molecule has 1 aromatic carbocycles. The van der Waals surface area contributed by atoms with Crippen molar-refractivity contribution >= 4 is 17.7 Å². The van der Waals surface area contributed by atoms with Crippen LogP contribution in [0.3, 0.4) is 0 Å². The van der Waals surface area contributed by atoms with Crippen LogP contribution >= 0.6 is 11.6 Å². The van der Waals surface area contributed by atoms with Crippen molar-refractivity contribution < 1.29 is 0 Å². The molecule has 2 rings (SSSR count). The molecule has 0 radical (unpaired) electrons. The minimum absolute atomic E-state index is 0.303. The summed E-state index contributed by atoms with van der Waals surface area (Å²) in [6, 6.07) is 8.49. The Labute approximate surface area is 127 Å². The third-order valence-corrected chi connectivity index (χ3v) is 4.61. The summed E-state index contributed by atoms with van der Waals surface area (Å²) >= 11 is 6.57. The molecule has 0 heterocycles. The van der Waals surface area contributed by atoms with Gasteiger partial charge in [0.25, 0.3) is 0 Å². The molecular weight excluding hydrogens is 264 g/mol. The first-order valence-electron chi connectivity index (χ1n) is 7.39. The molecule has 0 atom stereocenters. The average molecular weight is 287 g/mol. The molecule has 20 heavy (non-hydrogen) atoms. The molecule has 0 saturated heterocycles. The van der Waals surface area contributed by atoms with Gasteiger partial charge in [0.1, 0.15) is 0 Å². The summed E-state index contributed by atoms with van der Waals surface area (Å²) in [5.74, 6) is 0. The number of aryl methyl sites for hydroxylation is 1. The zero-order valence-electron chi connectivity index (χ0n) is 12.6. The summed E-state index contributed by atoms with van der Waals surface area (Å²) < 4.78 is 0. The Kier molecular flexibility index (Phi) is 4.88. The van der Waals surface area contributed by atoms with E-state index in [0.717, 1.165) is 11.5 Å². The zero-order chi connectivity index (χ0) is 14.6. The van der Waals surface area contributed by atoms with Gasteiger partial charge in [-0.05, 0) is 67.4 Å². The second-order valence-corrected chi connectivity index (χ2v) is 6.00. The minimum Gasteiger partial charge on any atom is -0.0876 e. The molecule has 0 N–H and O–H groups in total. The Morgan fingerprint density at radius 1 is 1.30 bits per heavy atom. The third-order valence-electron chi connectivity index (χ3n) is 4.28. The van der Waals surface area contributed by atoms with Crippen LogP contribution in [0.4, 0.5) is 0 Å². The minimum atomic E-state index is 0.303. The van der Waals surface area contributed by atoms with E-state index in [9.17, 15) is 0 Å². The molecule has 1 heteroatoms. The van der Waals surface area contributed by atoms with E-state index < -0.39 is 0 Å². The van der Waals surface area contributed by atoms with Crippen LogP contribution in [0, 0.1) is 12.3 Å². The van der Waals surface area contributed by atoms with E-state index >= 15 is 0 Å². The van der Waals surface area contributed by atoms with E-state index in [1.165, 1.54) is 29.5 Å². The second kappa shape index (κ2) is 6.45. The number of hydrogen-bond acceptors (Lipinski definition) is 0. The Bertz CT molecular complexity index is 557. The third kappa shape index (κ3) is 3.24. The fourth-order valence-electron chi connectivity index (χ4n) is 2.61.